The van der Waals surface area contributed by atoms with Crippen molar-refractivity contribution in [1.82, 2.24) is 0 Å². The molecule has 0 spiro atoms. The first-order valence-corrected chi connectivity index (χ1v) is 5.37. The minimum Gasteiger partial charge on any atom is -0.396 e. The molecule has 4 heteroatoms. The third-order valence-corrected chi connectivity index (χ3v) is 3.46. The number of nitrogens with two attached hydrogens (primary N) is 1. The Bertz CT molecular complexity index is 385. The van der Waals surface area contributed by atoms with Crippen LogP contribution in [0.1, 0.15) is 12.5 Å². The molecule has 16 heavy (non-hydrogen) atoms. The Hall–Kier alpha value is -0.970. The topological polar surface area (TPSA) is 55.5 Å². The van der Waals surface area contributed by atoms with E-state index in [2.05, 4.69) is 0 Å². The summed E-state index contributed by atoms with van der Waals surface area (Å²) in [5.41, 5.74) is 5.73. The molecule has 0 aliphatic carbocycles. The second-order valence-electron chi connectivity index (χ2n) is 4.27. The van der Waals surface area contributed by atoms with E-state index < -0.39 is 5.54 Å². The molecule has 0 amide bonds. The van der Waals surface area contributed by atoms with E-state index in [1.54, 1.807) is 18.2 Å². The quantitative estimate of drug-likeness (QED) is 0.789. The normalized spacial score (nSPS) is 34.2. The summed E-state index contributed by atoms with van der Waals surface area (Å²) in [6, 6.07) is 6.40. The van der Waals surface area contributed by atoms with Gasteiger partial charge < -0.3 is 15.6 Å². The zero-order chi connectivity index (χ0) is 11.8. The third kappa shape index (κ3) is 1.54. The van der Waals surface area contributed by atoms with Crippen LogP contribution in [0.4, 0.5) is 4.39 Å². The van der Waals surface area contributed by atoms with Crippen LogP contribution in [0.25, 0.3) is 0 Å². The van der Waals surface area contributed by atoms with E-state index in [1.165, 1.54) is 6.07 Å². The molecule has 0 bridgehead atoms. The molecule has 1 aliphatic heterocycles. The van der Waals surface area contributed by atoms with Crippen molar-refractivity contribution in [1.29, 1.82) is 0 Å². The van der Waals surface area contributed by atoms with Gasteiger partial charge in [-0.25, -0.2) is 4.39 Å². The molecule has 88 valence electrons. The molecule has 3 N–H and O–H groups in total. The fraction of sp³-hybridized carbons (Fsp3) is 0.500. The molecule has 2 rings (SSSR count). The lowest BCUT2D eigenvalue weighted by Gasteiger charge is -2.33. The zero-order valence-corrected chi connectivity index (χ0v) is 9.19. The minimum absolute atomic E-state index is 0.102. The first kappa shape index (κ1) is 11.5. The first-order valence-electron chi connectivity index (χ1n) is 5.37. The maximum Gasteiger partial charge on any atom is 0.128 e. The standard InChI is InChI=1S/C12H16FNO2/c1-8-12(14,9(6-15)7-16-8)10-4-2-3-5-11(10)13/h2-5,8-9,15H,6-7,14H2,1H3/t8-,9?,12-/m0/s1. The number of aliphatic hydroxyl groups is 1. The van der Waals surface area contributed by atoms with Crippen LogP contribution in [0.5, 0.6) is 0 Å². The van der Waals surface area contributed by atoms with Gasteiger partial charge in [0, 0.05) is 11.5 Å². The van der Waals surface area contributed by atoms with Crippen LogP contribution < -0.4 is 5.73 Å². The fourth-order valence-electron chi connectivity index (χ4n) is 2.32. The lowest BCUT2D eigenvalue weighted by molar-refractivity contribution is 0.0940. The number of halogens is 1. The average molecular weight is 225 g/mol. The van der Waals surface area contributed by atoms with Crippen LogP contribution >= 0.6 is 0 Å². The van der Waals surface area contributed by atoms with Crippen LogP contribution in [0, 0.1) is 11.7 Å². The zero-order valence-electron chi connectivity index (χ0n) is 9.19. The Morgan fingerprint density at radius 1 is 1.56 bits per heavy atom. The smallest absolute Gasteiger partial charge is 0.128 e. The third-order valence-electron chi connectivity index (χ3n) is 3.46. The van der Waals surface area contributed by atoms with Crippen molar-refractivity contribution >= 4 is 0 Å². The van der Waals surface area contributed by atoms with Gasteiger partial charge in [-0.15, -0.1) is 0 Å². The van der Waals surface area contributed by atoms with E-state index in [1.807, 2.05) is 6.92 Å². The predicted octanol–water partition coefficient (Wildman–Crippen LogP) is 1.01. The van der Waals surface area contributed by atoms with Gasteiger partial charge in [-0.3, -0.25) is 0 Å². The second kappa shape index (κ2) is 4.13. The maximum atomic E-state index is 13.8. The highest BCUT2D eigenvalue weighted by Crippen LogP contribution is 2.38. The van der Waals surface area contributed by atoms with Crippen LogP contribution in [-0.4, -0.2) is 24.4 Å². The highest BCUT2D eigenvalue weighted by molar-refractivity contribution is 5.29. The average Bonchev–Trinajstić information content (AvgIpc) is 2.57. The van der Waals surface area contributed by atoms with Gasteiger partial charge in [0.15, 0.2) is 0 Å². The van der Waals surface area contributed by atoms with E-state index in [0.29, 0.717) is 12.2 Å². The van der Waals surface area contributed by atoms with Crippen molar-refractivity contribution < 1.29 is 14.2 Å². The highest BCUT2D eigenvalue weighted by Gasteiger charge is 2.48. The maximum absolute atomic E-state index is 13.8. The molecule has 0 saturated carbocycles. The lowest BCUT2D eigenvalue weighted by atomic mass is 9.77. The van der Waals surface area contributed by atoms with Gasteiger partial charge in [-0.05, 0) is 13.0 Å². The number of aliphatic hydroxyl groups excluding tert-OH is 1. The molecule has 3 atom stereocenters. The number of ether oxygens (including phenoxy) is 1. The van der Waals surface area contributed by atoms with Gasteiger partial charge in [-0.2, -0.15) is 0 Å². The summed E-state index contributed by atoms with van der Waals surface area (Å²) in [5, 5.41) is 9.29. The van der Waals surface area contributed by atoms with E-state index in [4.69, 9.17) is 10.5 Å². The Morgan fingerprint density at radius 3 is 2.88 bits per heavy atom. The SMILES string of the molecule is C[C@@H]1OCC(CO)[C@]1(N)c1ccccc1F. The molecule has 3 nitrogen and oxygen atoms in total. The second-order valence-corrected chi connectivity index (χ2v) is 4.27. The number of hydrogen-bond donors (Lipinski definition) is 2. The predicted molar refractivity (Wildman–Crippen MR) is 58.3 cm³/mol. The summed E-state index contributed by atoms with van der Waals surface area (Å²) < 4.78 is 19.2. The molecule has 0 aromatic heterocycles. The molecular weight excluding hydrogens is 209 g/mol. The van der Waals surface area contributed by atoms with E-state index >= 15 is 0 Å². The number of rotatable bonds is 2. The molecule has 1 fully saturated rings. The van der Waals surface area contributed by atoms with Gasteiger partial charge in [0.05, 0.1) is 24.9 Å². The van der Waals surface area contributed by atoms with Gasteiger partial charge in [0.1, 0.15) is 5.82 Å². The summed E-state index contributed by atoms with van der Waals surface area (Å²) in [4.78, 5) is 0. The Labute approximate surface area is 94.0 Å². The van der Waals surface area contributed by atoms with Gasteiger partial charge in [0.2, 0.25) is 0 Å². The van der Waals surface area contributed by atoms with Crippen molar-refractivity contribution in [2.75, 3.05) is 13.2 Å². The van der Waals surface area contributed by atoms with Crippen molar-refractivity contribution in [2.24, 2.45) is 11.7 Å². The Kier molecular flexibility index (Phi) is 2.97. The Balaban J connectivity index is 2.47. The molecule has 1 aromatic carbocycles. The van der Waals surface area contributed by atoms with Gasteiger partial charge >= 0.3 is 0 Å². The molecule has 1 aliphatic rings. The number of benzene rings is 1. The number of hydrogen-bond acceptors (Lipinski definition) is 3. The van der Waals surface area contributed by atoms with Gasteiger partial charge in [-0.1, -0.05) is 18.2 Å². The van der Waals surface area contributed by atoms with E-state index in [9.17, 15) is 9.50 Å². The fourth-order valence-corrected chi connectivity index (χ4v) is 2.32. The van der Waals surface area contributed by atoms with Crippen LogP contribution in [-0.2, 0) is 10.3 Å². The molecule has 1 heterocycles. The monoisotopic (exact) mass is 225 g/mol. The largest absolute Gasteiger partial charge is 0.396 e. The molecule has 1 saturated heterocycles. The van der Waals surface area contributed by atoms with Crippen LogP contribution in [0.15, 0.2) is 24.3 Å². The summed E-state index contributed by atoms with van der Waals surface area (Å²) in [6.45, 7) is 2.07. The lowest BCUT2D eigenvalue weighted by Crippen LogP contribution is -2.50. The Morgan fingerprint density at radius 2 is 2.25 bits per heavy atom. The van der Waals surface area contributed by atoms with E-state index in [0.717, 1.165) is 0 Å². The molecule has 1 unspecified atom stereocenters. The van der Waals surface area contributed by atoms with Crippen LogP contribution in [0.2, 0.25) is 0 Å². The summed E-state index contributed by atoms with van der Waals surface area (Å²) in [6.07, 6.45) is -0.304. The molecular formula is C12H16FNO2. The van der Waals surface area contributed by atoms with Crippen molar-refractivity contribution in [2.45, 2.75) is 18.6 Å². The molecule has 0 radical (unpaired) electrons. The molecule has 1 aromatic rings. The van der Waals surface area contributed by atoms with Crippen molar-refractivity contribution in [3.05, 3.63) is 35.6 Å². The van der Waals surface area contributed by atoms with Gasteiger partial charge in [0.25, 0.3) is 0 Å². The van der Waals surface area contributed by atoms with Crippen molar-refractivity contribution in [3.63, 3.8) is 0 Å². The van der Waals surface area contributed by atoms with Crippen LogP contribution in [0.3, 0.4) is 0 Å². The van der Waals surface area contributed by atoms with Crippen molar-refractivity contribution in [3.8, 4) is 0 Å². The first-order chi connectivity index (χ1) is 7.60. The minimum atomic E-state index is -0.944. The summed E-state index contributed by atoms with van der Waals surface area (Å²) >= 11 is 0. The summed E-state index contributed by atoms with van der Waals surface area (Å²) in [7, 11) is 0. The highest BCUT2D eigenvalue weighted by atomic mass is 19.1. The summed E-state index contributed by atoms with van der Waals surface area (Å²) in [5.74, 6) is -0.611. The van der Waals surface area contributed by atoms with E-state index in [-0.39, 0.29) is 24.4 Å².